The van der Waals surface area contributed by atoms with Crippen LogP contribution in [0.3, 0.4) is 0 Å². The molecular formula is C28H34N4O4S. The van der Waals surface area contributed by atoms with E-state index >= 15 is 0 Å². The second-order valence-electron chi connectivity index (χ2n) is 9.23. The Bertz CT molecular complexity index is 1260. The number of anilines is 2. The zero-order chi connectivity index (χ0) is 26.3. The molecule has 9 heteroatoms. The lowest BCUT2D eigenvalue weighted by Gasteiger charge is -2.38. The molecule has 37 heavy (non-hydrogen) atoms. The largest absolute Gasteiger partial charge is 0.457 e. The summed E-state index contributed by atoms with van der Waals surface area (Å²) in [4.78, 5) is 17.2. The first-order valence-corrected chi connectivity index (χ1v) is 14.4. The van der Waals surface area contributed by atoms with Crippen LogP contribution in [0.2, 0.25) is 0 Å². The van der Waals surface area contributed by atoms with Gasteiger partial charge in [-0.25, -0.2) is 13.2 Å². The highest BCUT2D eigenvalue weighted by atomic mass is 32.2. The third-order valence-electron chi connectivity index (χ3n) is 6.35. The van der Waals surface area contributed by atoms with Crippen molar-refractivity contribution in [1.82, 2.24) is 9.80 Å². The summed E-state index contributed by atoms with van der Waals surface area (Å²) in [5.41, 5.74) is 2.51. The third-order valence-corrected chi connectivity index (χ3v) is 6.95. The fourth-order valence-corrected chi connectivity index (χ4v) is 5.10. The topological polar surface area (TPSA) is 91.0 Å². The molecular weight excluding hydrogens is 488 g/mol. The number of benzene rings is 3. The molecule has 0 bridgehead atoms. The van der Waals surface area contributed by atoms with Crippen molar-refractivity contribution in [3.05, 3.63) is 84.4 Å². The van der Waals surface area contributed by atoms with Crippen LogP contribution in [0.15, 0.2) is 78.9 Å². The SMILES string of the molecule is CCN(C(=O)Nc1ccccc1)C1CCN(Cc2ccc(Oc3ccc(NS(C)(=O)=O)cc3)cc2)CC1. The molecule has 2 amide bonds. The summed E-state index contributed by atoms with van der Waals surface area (Å²) in [7, 11) is -3.31. The summed E-state index contributed by atoms with van der Waals surface area (Å²) in [6, 6.07) is 24.6. The molecule has 2 N–H and O–H groups in total. The number of piperidine rings is 1. The minimum Gasteiger partial charge on any atom is -0.457 e. The highest BCUT2D eigenvalue weighted by Crippen LogP contribution is 2.25. The predicted molar refractivity (Wildman–Crippen MR) is 148 cm³/mol. The Hall–Kier alpha value is -3.56. The monoisotopic (exact) mass is 522 g/mol. The van der Waals surface area contributed by atoms with Crippen molar-refractivity contribution in [3.8, 4) is 11.5 Å². The molecule has 1 heterocycles. The average molecular weight is 523 g/mol. The molecule has 196 valence electrons. The van der Waals surface area contributed by atoms with Crippen LogP contribution in [0.4, 0.5) is 16.2 Å². The van der Waals surface area contributed by atoms with Crippen LogP contribution in [-0.2, 0) is 16.6 Å². The number of likely N-dealkylation sites (tertiary alicyclic amines) is 1. The molecule has 0 saturated carbocycles. The van der Waals surface area contributed by atoms with Crippen LogP contribution in [-0.4, -0.2) is 56.2 Å². The van der Waals surface area contributed by atoms with Gasteiger partial charge < -0.3 is 15.0 Å². The van der Waals surface area contributed by atoms with E-state index in [2.05, 4.69) is 27.1 Å². The van der Waals surface area contributed by atoms with Gasteiger partial charge in [-0.2, -0.15) is 0 Å². The average Bonchev–Trinajstić information content (AvgIpc) is 2.88. The summed E-state index contributed by atoms with van der Waals surface area (Å²) in [5, 5.41) is 3.01. The molecule has 1 aliphatic rings. The summed E-state index contributed by atoms with van der Waals surface area (Å²) in [6.07, 6.45) is 3.01. The molecule has 0 radical (unpaired) electrons. The molecule has 0 aliphatic carbocycles. The van der Waals surface area contributed by atoms with Crippen LogP contribution < -0.4 is 14.8 Å². The molecule has 3 aromatic carbocycles. The van der Waals surface area contributed by atoms with E-state index in [9.17, 15) is 13.2 Å². The second-order valence-corrected chi connectivity index (χ2v) is 11.0. The minimum atomic E-state index is -3.31. The van der Waals surface area contributed by atoms with E-state index in [4.69, 9.17) is 4.74 Å². The number of carbonyl (C=O) groups is 1. The molecule has 0 spiro atoms. The molecule has 0 aromatic heterocycles. The van der Waals surface area contributed by atoms with E-state index in [1.807, 2.05) is 54.3 Å². The Morgan fingerprint density at radius 3 is 2.08 bits per heavy atom. The third kappa shape index (κ3) is 7.96. The van der Waals surface area contributed by atoms with E-state index in [0.717, 1.165) is 44.4 Å². The van der Waals surface area contributed by atoms with Crippen LogP contribution in [0.5, 0.6) is 11.5 Å². The predicted octanol–water partition coefficient (Wildman–Crippen LogP) is 5.37. The van der Waals surface area contributed by atoms with Crippen molar-refractivity contribution in [1.29, 1.82) is 0 Å². The van der Waals surface area contributed by atoms with E-state index in [1.54, 1.807) is 24.3 Å². The molecule has 3 aromatic rings. The number of para-hydroxylation sites is 1. The van der Waals surface area contributed by atoms with Gasteiger partial charge in [0.15, 0.2) is 0 Å². The lowest BCUT2D eigenvalue weighted by Crippen LogP contribution is -2.48. The first kappa shape index (κ1) is 26.5. The number of rotatable bonds is 9. The van der Waals surface area contributed by atoms with Crippen molar-refractivity contribution in [2.45, 2.75) is 32.4 Å². The van der Waals surface area contributed by atoms with Crippen molar-refractivity contribution >= 4 is 27.4 Å². The Labute approximate surface area is 219 Å². The maximum Gasteiger partial charge on any atom is 0.322 e. The smallest absolute Gasteiger partial charge is 0.322 e. The van der Waals surface area contributed by atoms with Crippen LogP contribution >= 0.6 is 0 Å². The van der Waals surface area contributed by atoms with Gasteiger partial charge >= 0.3 is 6.03 Å². The number of ether oxygens (including phenoxy) is 1. The highest BCUT2D eigenvalue weighted by Gasteiger charge is 2.27. The molecule has 1 fully saturated rings. The quantitative estimate of drug-likeness (QED) is 0.394. The Balaban J connectivity index is 1.25. The van der Waals surface area contributed by atoms with Crippen LogP contribution in [0.1, 0.15) is 25.3 Å². The fraction of sp³-hybridized carbons (Fsp3) is 0.321. The number of carbonyl (C=O) groups excluding carboxylic acids is 1. The van der Waals surface area contributed by atoms with E-state index in [-0.39, 0.29) is 12.1 Å². The second kappa shape index (κ2) is 12.1. The first-order valence-electron chi connectivity index (χ1n) is 12.5. The normalized spacial score (nSPS) is 14.6. The van der Waals surface area contributed by atoms with Gasteiger partial charge in [0, 0.05) is 43.6 Å². The number of hydrogen-bond donors (Lipinski definition) is 2. The number of amides is 2. The van der Waals surface area contributed by atoms with Crippen molar-refractivity contribution in [2.75, 3.05) is 35.9 Å². The summed E-state index contributed by atoms with van der Waals surface area (Å²) in [5.74, 6) is 1.35. The van der Waals surface area contributed by atoms with Gasteiger partial charge in [-0.1, -0.05) is 30.3 Å². The lowest BCUT2D eigenvalue weighted by atomic mass is 10.0. The standard InChI is InChI=1S/C28H34N4O4S/c1-3-32(28(33)29-23-7-5-4-6-8-23)25-17-19-31(20-18-25)21-22-9-13-26(14-10-22)36-27-15-11-24(12-16-27)30-37(2,34)35/h4-16,25,30H,3,17-21H2,1-2H3,(H,29,33). The van der Waals surface area contributed by atoms with Gasteiger partial charge in [0.05, 0.1) is 6.26 Å². The van der Waals surface area contributed by atoms with Gasteiger partial charge in [0.1, 0.15) is 11.5 Å². The van der Waals surface area contributed by atoms with Gasteiger partial charge in [0.25, 0.3) is 0 Å². The summed E-state index contributed by atoms with van der Waals surface area (Å²) < 4.78 is 31.0. The van der Waals surface area contributed by atoms with Crippen molar-refractivity contribution in [2.24, 2.45) is 0 Å². The zero-order valence-electron chi connectivity index (χ0n) is 21.3. The number of urea groups is 1. The number of nitrogens with zero attached hydrogens (tertiary/aromatic N) is 2. The Morgan fingerprint density at radius 2 is 1.51 bits per heavy atom. The molecule has 8 nitrogen and oxygen atoms in total. The molecule has 0 atom stereocenters. The van der Waals surface area contributed by atoms with Crippen LogP contribution in [0, 0.1) is 0 Å². The lowest BCUT2D eigenvalue weighted by molar-refractivity contribution is 0.126. The highest BCUT2D eigenvalue weighted by molar-refractivity contribution is 7.92. The summed E-state index contributed by atoms with van der Waals surface area (Å²) in [6.45, 7) is 5.43. The zero-order valence-corrected chi connectivity index (χ0v) is 22.1. The van der Waals surface area contributed by atoms with Gasteiger partial charge in [-0.05, 0) is 73.9 Å². The summed E-state index contributed by atoms with van der Waals surface area (Å²) >= 11 is 0. The number of hydrogen-bond acceptors (Lipinski definition) is 5. The molecule has 1 aliphatic heterocycles. The number of nitrogens with one attached hydrogen (secondary N) is 2. The van der Waals surface area contributed by atoms with Crippen LogP contribution in [0.25, 0.3) is 0 Å². The molecule has 4 rings (SSSR count). The maximum absolute atomic E-state index is 12.8. The Kier molecular flexibility index (Phi) is 8.68. The van der Waals surface area contributed by atoms with Gasteiger partial charge in [0.2, 0.25) is 10.0 Å². The molecule has 0 unspecified atom stereocenters. The Morgan fingerprint density at radius 1 is 0.919 bits per heavy atom. The van der Waals surface area contributed by atoms with E-state index < -0.39 is 10.0 Å². The fourth-order valence-electron chi connectivity index (χ4n) is 4.54. The minimum absolute atomic E-state index is 0.0379. The molecule has 1 saturated heterocycles. The van der Waals surface area contributed by atoms with Gasteiger partial charge in [-0.3, -0.25) is 9.62 Å². The maximum atomic E-state index is 12.8. The first-order chi connectivity index (χ1) is 17.8. The van der Waals surface area contributed by atoms with Crippen molar-refractivity contribution in [3.63, 3.8) is 0 Å². The van der Waals surface area contributed by atoms with Gasteiger partial charge in [-0.15, -0.1) is 0 Å². The van der Waals surface area contributed by atoms with E-state index in [1.165, 1.54) is 5.56 Å². The van der Waals surface area contributed by atoms with E-state index in [0.29, 0.717) is 23.7 Å². The van der Waals surface area contributed by atoms with Crippen molar-refractivity contribution < 1.29 is 17.9 Å². The number of sulfonamides is 1.